The average molecular weight is 491 g/mol. The SMILES string of the molecule is CCc1ccc(CN(C)C(=O)CSc2nnc(COc3ccccc3F)n2-c2ccccc2)cc1. The Morgan fingerprint density at radius 2 is 1.66 bits per heavy atom. The molecule has 4 aromatic rings. The van der Waals surface area contributed by atoms with Gasteiger partial charge in [0.25, 0.3) is 0 Å². The highest BCUT2D eigenvalue weighted by Gasteiger charge is 2.18. The summed E-state index contributed by atoms with van der Waals surface area (Å²) in [6.07, 6.45) is 0.987. The Hall–Kier alpha value is -3.65. The average Bonchev–Trinajstić information content (AvgIpc) is 3.30. The molecule has 0 fully saturated rings. The predicted octanol–water partition coefficient (Wildman–Crippen LogP) is 5.30. The van der Waals surface area contributed by atoms with E-state index in [2.05, 4.69) is 41.4 Å². The van der Waals surface area contributed by atoms with Crippen molar-refractivity contribution >= 4 is 17.7 Å². The summed E-state index contributed by atoms with van der Waals surface area (Å²) in [5.41, 5.74) is 3.19. The molecule has 1 heterocycles. The Bertz CT molecular complexity index is 1260. The number of rotatable bonds is 10. The first-order valence-electron chi connectivity index (χ1n) is 11.4. The van der Waals surface area contributed by atoms with Crippen molar-refractivity contribution in [2.45, 2.75) is 31.7 Å². The number of aromatic nitrogens is 3. The number of carbonyl (C=O) groups excluding carboxylic acids is 1. The molecule has 0 aliphatic rings. The van der Waals surface area contributed by atoms with E-state index in [1.807, 2.05) is 34.9 Å². The van der Waals surface area contributed by atoms with Crippen LogP contribution in [0.15, 0.2) is 84.0 Å². The van der Waals surface area contributed by atoms with Crippen molar-refractivity contribution in [2.75, 3.05) is 12.8 Å². The zero-order chi connectivity index (χ0) is 24.6. The molecule has 0 saturated carbocycles. The first-order chi connectivity index (χ1) is 17.0. The number of amides is 1. The van der Waals surface area contributed by atoms with Gasteiger partial charge in [0.05, 0.1) is 5.75 Å². The van der Waals surface area contributed by atoms with E-state index in [1.165, 1.54) is 23.4 Å². The normalized spacial score (nSPS) is 10.8. The van der Waals surface area contributed by atoms with Gasteiger partial charge in [-0.1, -0.05) is 73.3 Å². The van der Waals surface area contributed by atoms with Gasteiger partial charge in [-0.15, -0.1) is 10.2 Å². The van der Waals surface area contributed by atoms with E-state index in [9.17, 15) is 9.18 Å². The van der Waals surface area contributed by atoms with Crippen LogP contribution in [0.1, 0.15) is 23.9 Å². The number of para-hydroxylation sites is 2. The maximum absolute atomic E-state index is 14.0. The summed E-state index contributed by atoms with van der Waals surface area (Å²) in [7, 11) is 1.80. The number of carbonyl (C=O) groups is 1. The molecule has 35 heavy (non-hydrogen) atoms. The van der Waals surface area contributed by atoms with Gasteiger partial charge in [0.1, 0.15) is 6.61 Å². The highest BCUT2D eigenvalue weighted by atomic mass is 32.2. The van der Waals surface area contributed by atoms with Crippen molar-refractivity contribution < 1.29 is 13.9 Å². The van der Waals surface area contributed by atoms with Gasteiger partial charge >= 0.3 is 0 Å². The molecule has 0 spiro atoms. The van der Waals surface area contributed by atoms with E-state index in [0.717, 1.165) is 17.7 Å². The van der Waals surface area contributed by atoms with Crippen LogP contribution in [-0.2, 0) is 24.4 Å². The van der Waals surface area contributed by atoms with Crippen LogP contribution in [-0.4, -0.2) is 38.4 Å². The van der Waals surface area contributed by atoms with Gasteiger partial charge in [-0.2, -0.15) is 0 Å². The Kier molecular flexibility index (Phi) is 8.15. The van der Waals surface area contributed by atoms with Crippen LogP contribution in [0.25, 0.3) is 5.69 Å². The van der Waals surface area contributed by atoms with Gasteiger partial charge < -0.3 is 9.64 Å². The quantitative estimate of drug-likeness (QED) is 0.283. The van der Waals surface area contributed by atoms with E-state index < -0.39 is 5.82 Å². The van der Waals surface area contributed by atoms with Crippen LogP contribution < -0.4 is 4.74 Å². The Balaban J connectivity index is 1.45. The summed E-state index contributed by atoms with van der Waals surface area (Å²) < 4.78 is 21.5. The number of halogens is 1. The number of hydrogen-bond donors (Lipinski definition) is 0. The molecule has 0 aliphatic carbocycles. The van der Waals surface area contributed by atoms with Crippen molar-refractivity contribution in [3.63, 3.8) is 0 Å². The molecular formula is C27H27FN4O2S. The summed E-state index contributed by atoms with van der Waals surface area (Å²) in [6, 6.07) is 24.1. The van der Waals surface area contributed by atoms with Crippen molar-refractivity contribution in [3.05, 3.63) is 102 Å². The molecule has 8 heteroatoms. The standard InChI is InChI=1S/C27H27FN4O2S/c1-3-20-13-15-21(16-14-20)17-31(2)26(33)19-35-27-30-29-25(32(27)22-9-5-4-6-10-22)18-34-24-12-8-7-11-23(24)28/h4-16H,3,17-19H2,1-2H3. The first-order valence-corrected chi connectivity index (χ1v) is 12.4. The molecule has 0 bridgehead atoms. The fourth-order valence-corrected chi connectivity index (χ4v) is 4.42. The lowest BCUT2D eigenvalue weighted by atomic mass is 10.1. The molecule has 0 N–H and O–H groups in total. The van der Waals surface area contributed by atoms with E-state index in [0.29, 0.717) is 17.5 Å². The van der Waals surface area contributed by atoms with E-state index >= 15 is 0 Å². The molecule has 0 radical (unpaired) electrons. The van der Waals surface area contributed by atoms with Gasteiger partial charge in [0.15, 0.2) is 22.5 Å². The summed E-state index contributed by atoms with van der Waals surface area (Å²) in [6.45, 7) is 2.69. The fourth-order valence-electron chi connectivity index (χ4n) is 3.51. The van der Waals surface area contributed by atoms with Crippen LogP contribution >= 0.6 is 11.8 Å². The first kappa shape index (κ1) is 24.5. The van der Waals surface area contributed by atoms with E-state index in [1.54, 1.807) is 30.1 Å². The largest absolute Gasteiger partial charge is 0.483 e. The zero-order valence-electron chi connectivity index (χ0n) is 19.7. The van der Waals surface area contributed by atoms with Crippen molar-refractivity contribution in [2.24, 2.45) is 0 Å². The third kappa shape index (κ3) is 6.27. The van der Waals surface area contributed by atoms with Crippen molar-refractivity contribution in [1.82, 2.24) is 19.7 Å². The lowest BCUT2D eigenvalue weighted by Crippen LogP contribution is -2.27. The minimum Gasteiger partial charge on any atom is -0.483 e. The third-order valence-corrected chi connectivity index (χ3v) is 6.42. The fraction of sp³-hybridized carbons (Fsp3) is 0.222. The molecule has 0 unspecified atom stereocenters. The second-order valence-corrected chi connectivity index (χ2v) is 8.94. The molecule has 3 aromatic carbocycles. The van der Waals surface area contributed by atoms with E-state index in [-0.39, 0.29) is 24.0 Å². The van der Waals surface area contributed by atoms with Gasteiger partial charge in [0.2, 0.25) is 5.91 Å². The molecule has 0 saturated heterocycles. The number of benzene rings is 3. The van der Waals surface area contributed by atoms with Gasteiger partial charge in [0, 0.05) is 19.3 Å². The molecular weight excluding hydrogens is 463 g/mol. The molecule has 0 atom stereocenters. The van der Waals surface area contributed by atoms with E-state index in [4.69, 9.17) is 4.74 Å². The van der Waals surface area contributed by atoms with Crippen molar-refractivity contribution in [3.8, 4) is 11.4 Å². The Labute approximate surface area is 208 Å². The van der Waals surface area contributed by atoms with Crippen LogP contribution in [0, 0.1) is 5.82 Å². The number of hydrogen-bond acceptors (Lipinski definition) is 5. The summed E-state index contributed by atoms with van der Waals surface area (Å²) >= 11 is 1.31. The van der Waals surface area contributed by atoms with Crippen LogP contribution in [0.5, 0.6) is 5.75 Å². The molecule has 4 rings (SSSR count). The van der Waals surface area contributed by atoms with Gasteiger partial charge in [-0.05, 0) is 41.8 Å². The summed E-state index contributed by atoms with van der Waals surface area (Å²) in [5, 5.41) is 9.12. The second-order valence-electron chi connectivity index (χ2n) is 8.00. The van der Waals surface area contributed by atoms with Crippen molar-refractivity contribution in [1.29, 1.82) is 0 Å². The zero-order valence-corrected chi connectivity index (χ0v) is 20.5. The van der Waals surface area contributed by atoms with Crippen LogP contribution in [0.3, 0.4) is 0 Å². The highest BCUT2D eigenvalue weighted by Crippen LogP contribution is 2.24. The second kappa shape index (κ2) is 11.7. The van der Waals surface area contributed by atoms with Crippen LogP contribution in [0.4, 0.5) is 4.39 Å². The van der Waals surface area contributed by atoms with Gasteiger partial charge in [-0.25, -0.2) is 4.39 Å². The summed E-state index contributed by atoms with van der Waals surface area (Å²) in [4.78, 5) is 14.5. The maximum Gasteiger partial charge on any atom is 0.233 e. The lowest BCUT2D eigenvalue weighted by Gasteiger charge is -2.17. The lowest BCUT2D eigenvalue weighted by molar-refractivity contribution is -0.127. The smallest absolute Gasteiger partial charge is 0.233 e. The monoisotopic (exact) mass is 490 g/mol. The number of thioether (sulfide) groups is 1. The number of ether oxygens (including phenoxy) is 1. The maximum atomic E-state index is 14.0. The third-order valence-electron chi connectivity index (χ3n) is 5.51. The molecule has 6 nitrogen and oxygen atoms in total. The minimum atomic E-state index is -0.439. The highest BCUT2D eigenvalue weighted by molar-refractivity contribution is 7.99. The molecule has 1 aromatic heterocycles. The Morgan fingerprint density at radius 1 is 0.971 bits per heavy atom. The number of nitrogens with zero attached hydrogens (tertiary/aromatic N) is 4. The molecule has 0 aliphatic heterocycles. The predicted molar refractivity (Wildman–Crippen MR) is 135 cm³/mol. The molecule has 180 valence electrons. The summed E-state index contributed by atoms with van der Waals surface area (Å²) in [5.74, 6) is 0.418. The number of aryl methyl sites for hydroxylation is 1. The topological polar surface area (TPSA) is 60.3 Å². The Morgan fingerprint density at radius 3 is 2.37 bits per heavy atom. The van der Waals surface area contributed by atoms with Crippen LogP contribution in [0.2, 0.25) is 0 Å². The van der Waals surface area contributed by atoms with Gasteiger partial charge in [-0.3, -0.25) is 9.36 Å². The minimum absolute atomic E-state index is 0.0127. The molecule has 1 amide bonds.